The van der Waals surface area contributed by atoms with E-state index in [0.29, 0.717) is 6.54 Å². The van der Waals surface area contributed by atoms with Crippen LogP contribution in [0.1, 0.15) is 38.5 Å². The molecule has 0 spiro atoms. The second-order valence-corrected chi connectivity index (χ2v) is 7.57. The maximum absolute atomic E-state index is 12.3. The molecule has 0 unspecified atom stereocenters. The van der Waals surface area contributed by atoms with Gasteiger partial charge in [-0.1, -0.05) is 12.8 Å². The number of benzene rings is 1. The molecule has 1 aromatic carbocycles. The Hall–Kier alpha value is -2.08. The molecule has 2 heterocycles. The average Bonchev–Trinajstić information content (AvgIpc) is 2.98. The zero-order valence-electron chi connectivity index (χ0n) is 16.3. The molecule has 0 aromatic heterocycles. The van der Waals surface area contributed by atoms with E-state index < -0.39 is 0 Å². The molecule has 1 amide bonds. The molecular weight excluding hydrogens is 342 g/mol. The Balaban J connectivity index is 1.45. The van der Waals surface area contributed by atoms with Gasteiger partial charge in [-0.15, -0.1) is 0 Å². The Morgan fingerprint density at radius 3 is 2.22 bits per heavy atom. The summed E-state index contributed by atoms with van der Waals surface area (Å²) in [6.07, 6.45) is 6.66. The maximum Gasteiger partial charge on any atom is 0.308 e. The fraction of sp³-hybridized carbons (Fsp3) is 0.619. The van der Waals surface area contributed by atoms with Gasteiger partial charge < -0.3 is 15.0 Å². The first-order valence-corrected chi connectivity index (χ1v) is 10.1. The fourth-order valence-electron chi connectivity index (χ4n) is 3.98. The van der Waals surface area contributed by atoms with E-state index in [1.54, 1.807) is 0 Å². The van der Waals surface area contributed by atoms with Gasteiger partial charge in [0.25, 0.3) is 0 Å². The number of likely N-dealkylation sites (tertiary alicyclic amines) is 1. The van der Waals surface area contributed by atoms with Gasteiger partial charge in [-0.2, -0.15) is 0 Å². The molecule has 2 aliphatic rings. The van der Waals surface area contributed by atoms with Gasteiger partial charge in [0.05, 0.1) is 19.6 Å². The van der Waals surface area contributed by atoms with Gasteiger partial charge in [0.15, 0.2) is 0 Å². The van der Waals surface area contributed by atoms with Crippen molar-refractivity contribution in [3.63, 3.8) is 0 Å². The molecule has 2 aliphatic heterocycles. The van der Waals surface area contributed by atoms with E-state index in [2.05, 4.69) is 27.2 Å². The van der Waals surface area contributed by atoms with Crippen molar-refractivity contribution < 1.29 is 14.3 Å². The van der Waals surface area contributed by atoms with Crippen LogP contribution in [-0.2, 0) is 14.3 Å². The summed E-state index contributed by atoms with van der Waals surface area (Å²) in [6.45, 7) is 4.10. The molecule has 3 rings (SSSR count). The summed E-state index contributed by atoms with van der Waals surface area (Å²) in [5.74, 6) is -0.168. The standard InChI is InChI=1S/C21H31N3O3/c1-27-21(26)17-10-14-23(15-11-17)16-20(25)22-18-6-8-19(9-7-18)24-12-4-2-3-5-13-24/h6-9,17H,2-5,10-16H2,1H3,(H,22,25). The van der Waals surface area contributed by atoms with E-state index in [-0.39, 0.29) is 17.8 Å². The van der Waals surface area contributed by atoms with Crippen molar-refractivity contribution in [2.24, 2.45) is 5.92 Å². The lowest BCUT2D eigenvalue weighted by Gasteiger charge is -2.30. The molecule has 0 saturated carbocycles. The van der Waals surface area contributed by atoms with Gasteiger partial charge in [-0.25, -0.2) is 0 Å². The smallest absolute Gasteiger partial charge is 0.308 e. The molecule has 1 N–H and O–H groups in total. The number of rotatable bonds is 5. The average molecular weight is 373 g/mol. The number of nitrogens with zero attached hydrogens (tertiary/aromatic N) is 2. The highest BCUT2D eigenvalue weighted by Crippen LogP contribution is 2.22. The first kappa shape index (κ1) is 19.7. The lowest BCUT2D eigenvalue weighted by atomic mass is 9.97. The number of amides is 1. The zero-order valence-corrected chi connectivity index (χ0v) is 16.3. The van der Waals surface area contributed by atoms with Crippen LogP contribution in [0.2, 0.25) is 0 Å². The number of carbonyl (C=O) groups is 2. The van der Waals surface area contributed by atoms with Gasteiger partial charge in [0, 0.05) is 24.5 Å². The zero-order chi connectivity index (χ0) is 19.1. The Bertz CT molecular complexity index is 616. The monoisotopic (exact) mass is 373 g/mol. The van der Waals surface area contributed by atoms with Crippen LogP contribution in [0.4, 0.5) is 11.4 Å². The fourth-order valence-corrected chi connectivity index (χ4v) is 3.98. The highest BCUT2D eigenvalue weighted by atomic mass is 16.5. The third-order valence-electron chi connectivity index (χ3n) is 5.61. The summed E-state index contributed by atoms with van der Waals surface area (Å²) < 4.78 is 4.81. The Morgan fingerprint density at radius 1 is 1.00 bits per heavy atom. The quantitative estimate of drug-likeness (QED) is 0.804. The number of nitrogens with one attached hydrogen (secondary N) is 1. The topological polar surface area (TPSA) is 61.9 Å². The number of carbonyl (C=O) groups excluding carboxylic acids is 2. The van der Waals surface area contributed by atoms with E-state index in [4.69, 9.17) is 4.74 Å². The van der Waals surface area contributed by atoms with E-state index in [1.165, 1.54) is 38.5 Å². The van der Waals surface area contributed by atoms with Crippen molar-refractivity contribution in [2.75, 3.05) is 50.1 Å². The summed E-state index contributed by atoms with van der Waals surface area (Å²) in [5, 5.41) is 2.99. The van der Waals surface area contributed by atoms with Gasteiger partial charge in [0.2, 0.25) is 5.91 Å². The van der Waals surface area contributed by atoms with Crippen molar-refractivity contribution in [2.45, 2.75) is 38.5 Å². The van der Waals surface area contributed by atoms with Gasteiger partial charge in [-0.05, 0) is 63.0 Å². The van der Waals surface area contributed by atoms with Crippen LogP contribution in [0, 0.1) is 5.92 Å². The first-order valence-electron chi connectivity index (χ1n) is 10.1. The maximum atomic E-state index is 12.3. The number of ether oxygens (including phenoxy) is 1. The van der Waals surface area contributed by atoms with Crippen LogP contribution < -0.4 is 10.2 Å². The summed E-state index contributed by atoms with van der Waals surface area (Å²) in [4.78, 5) is 28.4. The number of hydrogen-bond donors (Lipinski definition) is 1. The summed E-state index contributed by atoms with van der Waals surface area (Å²) in [5.41, 5.74) is 2.07. The highest BCUT2D eigenvalue weighted by Gasteiger charge is 2.26. The molecule has 148 valence electrons. The van der Waals surface area contributed by atoms with Crippen LogP contribution >= 0.6 is 0 Å². The minimum Gasteiger partial charge on any atom is -0.469 e. The van der Waals surface area contributed by atoms with Gasteiger partial charge >= 0.3 is 5.97 Å². The highest BCUT2D eigenvalue weighted by molar-refractivity contribution is 5.92. The molecule has 6 heteroatoms. The SMILES string of the molecule is COC(=O)C1CCN(CC(=O)Nc2ccc(N3CCCCCC3)cc2)CC1. The minimum absolute atomic E-state index is 0.00552. The van der Waals surface area contributed by atoms with Crippen LogP contribution in [0.25, 0.3) is 0 Å². The summed E-state index contributed by atoms with van der Waals surface area (Å²) in [6, 6.07) is 8.18. The molecule has 0 aliphatic carbocycles. The summed E-state index contributed by atoms with van der Waals surface area (Å²) in [7, 11) is 1.43. The van der Waals surface area contributed by atoms with Crippen molar-refractivity contribution in [3.8, 4) is 0 Å². The number of anilines is 2. The third-order valence-corrected chi connectivity index (χ3v) is 5.61. The molecule has 27 heavy (non-hydrogen) atoms. The lowest BCUT2D eigenvalue weighted by Crippen LogP contribution is -2.41. The van der Waals surface area contributed by atoms with E-state index in [0.717, 1.165) is 44.7 Å². The molecule has 0 bridgehead atoms. The second-order valence-electron chi connectivity index (χ2n) is 7.57. The summed E-state index contributed by atoms with van der Waals surface area (Å²) >= 11 is 0. The van der Waals surface area contributed by atoms with Crippen molar-refractivity contribution in [3.05, 3.63) is 24.3 Å². The predicted molar refractivity (Wildman–Crippen MR) is 107 cm³/mol. The van der Waals surface area contributed by atoms with Crippen molar-refractivity contribution >= 4 is 23.3 Å². The second kappa shape index (κ2) is 9.74. The van der Waals surface area contributed by atoms with Gasteiger partial charge in [-0.3, -0.25) is 14.5 Å². The Kier molecular flexibility index (Phi) is 7.10. The molecule has 0 atom stereocenters. The van der Waals surface area contributed by atoms with Crippen molar-refractivity contribution in [1.82, 2.24) is 4.90 Å². The van der Waals surface area contributed by atoms with E-state index >= 15 is 0 Å². The molecule has 2 fully saturated rings. The number of esters is 1. The van der Waals surface area contributed by atoms with Crippen LogP contribution in [0.5, 0.6) is 0 Å². The van der Waals surface area contributed by atoms with Crippen LogP contribution in [0.15, 0.2) is 24.3 Å². The number of piperidine rings is 1. The van der Waals surface area contributed by atoms with Crippen LogP contribution in [-0.4, -0.2) is 56.6 Å². The largest absolute Gasteiger partial charge is 0.469 e. The normalized spacial score (nSPS) is 19.4. The Morgan fingerprint density at radius 2 is 1.63 bits per heavy atom. The van der Waals surface area contributed by atoms with Crippen molar-refractivity contribution in [1.29, 1.82) is 0 Å². The van der Waals surface area contributed by atoms with E-state index in [1.807, 2.05) is 12.1 Å². The lowest BCUT2D eigenvalue weighted by molar-refractivity contribution is -0.147. The number of methoxy groups -OCH3 is 1. The first-order chi connectivity index (χ1) is 13.2. The molecule has 2 saturated heterocycles. The third kappa shape index (κ3) is 5.70. The van der Waals surface area contributed by atoms with Crippen LogP contribution in [0.3, 0.4) is 0 Å². The Labute approximate surface area is 161 Å². The molecule has 0 radical (unpaired) electrons. The molecular formula is C21H31N3O3. The molecule has 1 aromatic rings. The molecule has 6 nitrogen and oxygen atoms in total. The number of hydrogen-bond acceptors (Lipinski definition) is 5. The van der Waals surface area contributed by atoms with E-state index in [9.17, 15) is 9.59 Å². The minimum atomic E-state index is -0.136. The predicted octanol–water partition coefficient (Wildman–Crippen LogP) is 2.89. The van der Waals surface area contributed by atoms with Gasteiger partial charge in [0.1, 0.15) is 0 Å².